The summed E-state index contributed by atoms with van der Waals surface area (Å²) in [5.74, 6) is 0. The van der Waals surface area contributed by atoms with E-state index in [0.29, 0.717) is 17.8 Å². The second-order valence-corrected chi connectivity index (χ2v) is 5.52. The predicted octanol–water partition coefficient (Wildman–Crippen LogP) is 0.997. The zero-order valence-corrected chi connectivity index (χ0v) is 11.2. The first-order valence-electron chi connectivity index (χ1n) is 5.64. The van der Waals surface area contributed by atoms with Crippen LogP contribution in [0.25, 0.3) is 0 Å². The summed E-state index contributed by atoms with van der Waals surface area (Å²) in [6, 6.07) is 6.83. The van der Waals surface area contributed by atoms with Gasteiger partial charge in [0.05, 0.1) is 23.0 Å². The predicted molar refractivity (Wildman–Crippen MR) is 72.0 cm³/mol. The van der Waals surface area contributed by atoms with Crippen LogP contribution in [0.2, 0.25) is 0 Å². The minimum atomic E-state index is -3.64. The van der Waals surface area contributed by atoms with E-state index in [9.17, 15) is 8.42 Å². The van der Waals surface area contributed by atoms with Crippen molar-refractivity contribution in [3.8, 4) is 0 Å². The van der Waals surface area contributed by atoms with E-state index in [0.717, 1.165) is 0 Å². The fraction of sp³-hybridized carbons (Fsp3) is 0.167. The Morgan fingerprint density at radius 3 is 2.53 bits per heavy atom. The normalized spacial score (nSPS) is 11.2. The van der Waals surface area contributed by atoms with Gasteiger partial charge in [-0.25, -0.2) is 18.4 Å². The molecule has 0 atom stereocenters. The highest BCUT2D eigenvalue weighted by Crippen LogP contribution is 2.18. The van der Waals surface area contributed by atoms with Crippen LogP contribution in [-0.4, -0.2) is 25.4 Å². The molecule has 0 aliphatic carbocycles. The van der Waals surface area contributed by atoms with Gasteiger partial charge in [-0.2, -0.15) is 0 Å². The van der Waals surface area contributed by atoms with E-state index < -0.39 is 10.0 Å². The molecule has 0 saturated heterocycles. The number of hydrogen-bond donors (Lipinski definition) is 2. The zero-order chi connectivity index (χ0) is 13.7. The molecular weight excluding hydrogens is 264 g/mol. The van der Waals surface area contributed by atoms with E-state index in [1.165, 1.54) is 18.7 Å². The molecule has 2 rings (SSSR count). The molecule has 2 N–H and O–H groups in total. The summed E-state index contributed by atoms with van der Waals surface area (Å²) in [5, 5.41) is 2.94. The van der Waals surface area contributed by atoms with Crippen LogP contribution in [0.4, 0.5) is 5.69 Å². The number of aromatic nitrogens is 2. The molecule has 6 nitrogen and oxygen atoms in total. The Morgan fingerprint density at radius 2 is 1.84 bits per heavy atom. The first kappa shape index (κ1) is 13.4. The lowest BCUT2D eigenvalue weighted by atomic mass is 10.2. The smallest absolute Gasteiger partial charge is 0.262 e. The monoisotopic (exact) mass is 278 g/mol. The van der Waals surface area contributed by atoms with E-state index in [2.05, 4.69) is 20.0 Å². The number of nitrogens with one attached hydrogen (secondary N) is 2. The molecule has 0 radical (unpaired) electrons. The number of nitrogens with zero attached hydrogens (tertiary/aromatic N) is 2. The van der Waals surface area contributed by atoms with Gasteiger partial charge in [-0.05, 0) is 18.7 Å². The van der Waals surface area contributed by atoms with Crippen LogP contribution >= 0.6 is 0 Å². The van der Waals surface area contributed by atoms with Crippen LogP contribution in [0.5, 0.6) is 0 Å². The highest BCUT2D eigenvalue weighted by molar-refractivity contribution is 7.92. The first-order chi connectivity index (χ1) is 9.13. The van der Waals surface area contributed by atoms with Gasteiger partial charge in [-0.1, -0.05) is 18.2 Å². The number of sulfonamides is 1. The third-order valence-corrected chi connectivity index (χ3v) is 3.92. The molecule has 0 saturated carbocycles. The summed E-state index contributed by atoms with van der Waals surface area (Å²) in [5.41, 5.74) is 1.04. The van der Waals surface area contributed by atoms with Crippen molar-refractivity contribution in [1.29, 1.82) is 0 Å². The van der Waals surface area contributed by atoms with Crippen LogP contribution in [0.3, 0.4) is 0 Å². The standard InChI is InChI=1S/C12H14N4O2S/c1-13-6-10-4-2-3-5-12(10)19(17,18)16-11-7-14-9-15-8-11/h2-5,7-9,13,16H,6H2,1H3. The quantitative estimate of drug-likeness (QED) is 0.852. The van der Waals surface area contributed by atoms with Gasteiger partial charge in [0.25, 0.3) is 10.0 Å². The number of benzene rings is 1. The van der Waals surface area contributed by atoms with Crippen molar-refractivity contribution in [2.24, 2.45) is 0 Å². The molecule has 100 valence electrons. The molecule has 0 bridgehead atoms. The summed E-state index contributed by atoms with van der Waals surface area (Å²) in [7, 11) is -1.87. The second-order valence-electron chi connectivity index (χ2n) is 3.87. The minimum absolute atomic E-state index is 0.244. The van der Waals surface area contributed by atoms with Crippen LogP contribution in [0.15, 0.2) is 47.9 Å². The Balaban J connectivity index is 2.35. The van der Waals surface area contributed by atoms with Crippen LogP contribution in [0.1, 0.15) is 5.56 Å². The first-order valence-corrected chi connectivity index (χ1v) is 7.12. The van der Waals surface area contributed by atoms with Crippen molar-refractivity contribution in [1.82, 2.24) is 15.3 Å². The van der Waals surface area contributed by atoms with Crippen molar-refractivity contribution < 1.29 is 8.42 Å². The number of anilines is 1. The number of rotatable bonds is 5. The van der Waals surface area contributed by atoms with Gasteiger partial charge in [-0.3, -0.25) is 4.72 Å². The molecule has 0 aliphatic rings. The molecule has 2 aromatic rings. The maximum atomic E-state index is 12.3. The van der Waals surface area contributed by atoms with Crippen molar-refractivity contribution in [3.63, 3.8) is 0 Å². The molecule has 1 heterocycles. The second kappa shape index (κ2) is 5.77. The molecule has 1 aromatic carbocycles. The van der Waals surface area contributed by atoms with Crippen molar-refractivity contribution >= 4 is 15.7 Å². The molecule has 0 spiro atoms. The van der Waals surface area contributed by atoms with Crippen molar-refractivity contribution in [2.75, 3.05) is 11.8 Å². The average molecular weight is 278 g/mol. The Labute approximate surface area is 112 Å². The van der Waals surface area contributed by atoms with Gasteiger partial charge in [0.2, 0.25) is 0 Å². The minimum Gasteiger partial charge on any atom is -0.316 e. The SMILES string of the molecule is CNCc1ccccc1S(=O)(=O)Nc1cncnc1. The van der Waals surface area contributed by atoms with Crippen LogP contribution in [-0.2, 0) is 16.6 Å². The van der Waals surface area contributed by atoms with Crippen molar-refractivity contribution in [2.45, 2.75) is 11.4 Å². The molecule has 0 aliphatic heterocycles. The molecule has 0 amide bonds. The maximum Gasteiger partial charge on any atom is 0.262 e. The molecule has 7 heteroatoms. The summed E-state index contributed by atoms with van der Waals surface area (Å²) in [4.78, 5) is 7.79. The van der Waals surface area contributed by atoms with Gasteiger partial charge in [0.1, 0.15) is 6.33 Å². The lowest BCUT2D eigenvalue weighted by Crippen LogP contribution is -2.17. The Morgan fingerprint density at radius 1 is 1.16 bits per heavy atom. The summed E-state index contributed by atoms with van der Waals surface area (Å²) in [6.45, 7) is 0.475. The highest BCUT2D eigenvalue weighted by atomic mass is 32.2. The molecule has 0 unspecified atom stereocenters. The third kappa shape index (κ3) is 3.27. The maximum absolute atomic E-state index is 12.3. The zero-order valence-electron chi connectivity index (χ0n) is 10.4. The van der Waals surface area contributed by atoms with E-state index in [1.54, 1.807) is 31.3 Å². The van der Waals surface area contributed by atoms with Gasteiger partial charge >= 0.3 is 0 Å². The molecule has 19 heavy (non-hydrogen) atoms. The van der Waals surface area contributed by atoms with E-state index in [4.69, 9.17) is 0 Å². The lowest BCUT2D eigenvalue weighted by molar-refractivity contribution is 0.599. The third-order valence-electron chi connectivity index (χ3n) is 2.44. The van der Waals surface area contributed by atoms with Crippen LogP contribution < -0.4 is 10.0 Å². The van der Waals surface area contributed by atoms with Crippen molar-refractivity contribution in [3.05, 3.63) is 48.5 Å². The summed E-state index contributed by atoms with van der Waals surface area (Å²) in [6.07, 6.45) is 4.16. The van der Waals surface area contributed by atoms with Gasteiger partial charge in [-0.15, -0.1) is 0 Å². The van der Waals surface area contributed by atoms with Gasteiger partial charge < -0.3 is 5.32 Å². The fourth-order valence-electron chi connectivity index (χ4n) is 1.66. The Bertz CT molecular complexity index is 644. The van der Waals surface area contributed by atoms with Gasteiger partial charge in [0.15, 0.2) is 0 Å². The largest absolute Gasteiger partial charge is 0.316 e. The number of hydrogen-bond acceptors (Lipinski definition) is 5. The topological polar surface area (TPSA) is 84.0 Å². The van der Waals surface area contributed by atoms with Gasteiger partial charge in [0, 0.05) is 6.54 Å². The summed E-state index contributed by atoms with van der Waals surface area (Å²) < 4.78 is 27.1. The van der Waals surface area contributed by atoms with Crippen LogP contribution in [0, 0.1) is 0 Å². The highest BCUT2D eigenvalue weighted by Gasteiger charge is 2.17. The molecule has 0 fully saturated rings. The van der Waals surface area contributed by atoms with E-state index in [1.807, 2.05) is 0 Å². The van der Waals surface area contributed by atoms with E-state index in [-0.39, 0.29) is 4.90 Å². The Kier molecular flexibility index (Phi) is 4.08. The average Bonchev–Trinajstić information content (AvgIpc) is 2.40. The summed E-state index contributed by atoms with van der Waals surface area (Å²) >= 11 is 0. The molecule has 1 aromatic heterocycles. The lowest BCUT2D eigenvalue weighted by Gasteiger charge is -2.11. The Hall–Kier alpha value is -1.99. The van der Waals surface area contributed by atoms with E-state index >= 15 is 0 Å². The molecular formula is C12H14N4O2S. The fourth-order valence-corrected chi connectivity index (χ4v) is 2.93.